The number of carbonyl (C=O) groups is 1. The van der Waals surface area contributed by atoms with Crippen LogP contribution >= 0.6 is 0 Å². The van der Waals surface area contributed by atoms with E-state index in [2.05, 4.69) is 39.9 Å². The standard InChI is InChI=1S/C34H51N3O7/c1-21(2)7-6-8-22(3)27-10-11-28-26(19-32(39)40)29(14-16-34(27,28)5)33(4)15-13-25(38)17-23(33)20-35-30-12-9-24(36(41)42)18-31(30)37(43)44/h9,12,18,20-22,25-29,35,38H,6-8,10-11,13-17,19H2,1-5H3,(H,39,40)/b23-20+/t22-,25+,26?,27-,28?,29?,33+,34-/m1/s1. The lowest BCUT2D eigenvalue weighted by molar-refractivity contribution is -0.393. The Morgan fingerprint density at radius 2 is 1.77 bits per heavy atom. The SMILES string of the molecule is CC(C)CCC[C@@H](C)[C@H]1CCC2C(CC(=O)O)C([C@@]3(C)CC[C@H](O)C/C3=C\Nc3ccc([N+](=O)[O-])cc3[N+](=O)[O-])CC[C@@]21C. The second kappa shape index (κ2) is 13.5. The third-order valence-corrected chi connectivity index (χ3v) is 11.8. The predicted octanol–water partition coefficient (Wildman–Crippen LogP) is 8.35. The zero-order chi connectivity index (χ0) is 32.4. The number of fused-ring (bicyclic) bond motifs is 1. The number of carboxylic acids is 1. The fourth-order valence-corrected chi connectivity index (χ4v) is 9.52. The molecule has 0 spiro atoms. The summed E-state index contributed by atoms with van der Waals surface area (Å²) in [6.45, 7) is 11.5. The number of carboxylic acid groups (broad SMARTS) is 1. The average Bonchev–Trinajstić information content (AvgIpc) is 3.30. The second-order valence-electron chi connectivity index (χ2n) is 14.8. The number of nitrogens with one attached hydrogen (secondary N) is 1. The van der Waals surface area contributed by atoms with Crippen LogP contribution in [-0.4, -0.2) is 32.1 Å². The van der Waals surface area contributed by atoms with Gasteiger partial charge in [-0.05, 0) is 103 Å². The van der Waals surface area contributed by atoms with Gasteiger partial charge in [0.05, 0.1) is 22.0 Å². The number of benzene rings is 1. The number of hydrogen-bond donors (Lipinski definition) is 3. The van der Waals surface area contributed by atoms with Crippen molar-refractivity contribution >= 4 is 23.0 Å². The third kappa shape index (κ3) is 6.95. The van der Waals surface area contributed by atoms with E-state index in [9.17, 15) is 35.2 Å². The molecule has 8 atom stereocenters. The molecule has 10 heteroatoms. The Balaban J connectivity index is 1.64. The van der Waals surface area contributed by atoms with Crippen molar-refractivity contribution in [1.82, 2.24) is 0 Å². The maximum absolute atomic E-state index is 12.4. The summed E-state index contributed by atoms with van der Waals surface area (Å²) < 4.78 is 0. The molecule has 244 valence electrons. The molecule has 3 aliphatic rings. The summed E-state index contributed by atoms with van der Waals surface area (Å²) in [4.78, 5) is 34.0. The summed E-state index contributed by atoms with van der Waals surface area (Å²) in [5.41, 5.74) is -0.00249. The van der Waals surface area contributed by atoms with Crippen molar-refractivity contribution in [2.75, 3.05) is 5.32 Å². The second-order valence-corrected chi connectivity index (χ2v) is 14.8. The number of nitro groups is 2. The Morgan fingerprint density at radius 1 is 1.05 bits per heavy atom. The van der Waals surface area contributed by atoms with E-state index >= 15 is 0 Å². The lowest BCUT2D eigenvalue weighted by Crippen LogP contribution is -2.50. The molecule has 0 aliphatic heterocycles. The van der Waals surface area contributed by atoms with Crippen LogP contribution in [0.4, 0.5) is 17.1 Å². The Kier molecular flexibility index (Phi) is 10.4. The molecular weight excluding hydrogens is 562 g/mol. The molecule has 1 aromatic rings. The largest absolute Gasteiger partial charge is 0.481 e. The van der Waals surface area contributed by atoms with Crippen LogP contribution in [0.2, 0.25) is 0 Å². The summed E-state index contributed by atoms with van der Waals surface area (Å²) in [5, 5.41) is 46.8. The van der Waals surface area contributed by atoms with Crippen molar-refractivity contribution < 1.29 is 24.9 Å². The summed E-state index contributed by atoms with van der Waals surface area (Å²) in [5.74, 6) is 1.50. The normalized spacial score (nSPS) is 33.6. The highest BCUT2D eigenvalue weighted by Crippen LogP contribution is 2.66. The number of hydrogen-bond acceptors (Lipinski definition) is 7. The third-order valence-electron chi connectivity index (χ3n) is 11.8. The van der Waals surface area contributed by atoms with Crippen molar-refractivity contribution in [3.63, 3.8) is 0 Å². The first-order chi connectivity index (χ1) is 20.7. The molecule has 3 fully saturated rings. The number of aliphatic hydroxyl groups excluding tert-OH is 1. The van der Waals surface area contributed by atoms with Crippen molar-refractivity contribution in [1.29, 1.82) is 0 Å². The van der Waals surface area contributed by atoms with Crippen LogP contribution in [-0.2, 0) is 4.79 Å². The van der Waals surface area contributed by atoms with E-state index < -0.39 is 33.0 Å². The average molecular weight is 614 g/mol. The fraction of sp³-hybridized carbons (Fsp3) is 0.735. The molecule has 4 rings (SSSR count). The number of aliphatic hydroxyl groups is 1. The lowest BCUT2D eigenvalue weighted by atomic mass is 9.49. The first kappa shape index (κ1) is 33.9. The van der Waals surface area contributed by atoms with Crippen LogP contribution in [0.3, 0.4) is 0 Å². The first-order valence-corrected chi connectivity index (χ1v) is 16.5. The summed E-state index contributed by atoms with van der Waals surface area (Å²) in [7, 11) is 0. The molecule has 0 heterocycles. The van der Waals surface area contributed by atoms with Gasteiger partial charge in [0.25, 0.3) is 11.4 Å². The molecule has 0 saturated heterocycles. The number of rotatable bonds is 12. The van der Waals surface area contributed by atoms with E-state index in [4.69, 9.17) is 0 Å². The molecule has 3 unspecified atom stereocenters. The highest BCUT2D eigenvalue weighted by molar-refractivity contribution is 5.67. The Bertz CT molecular complexity index is 1270. The van der Waals surface area contributed by atoms with Gasteiger partial charge in [-0.25, -0.2) is 0 Å². The molecule has 3 saturated carbocycles. The Hall–Kier alpha value is -3.01. The quantitative estimate of drug-likeness (QED) is 0.157. The number of aliphatic carboxylic acids is 1. The highest BCUT2D eigenvalue weighted by atomic mass is 16.6. The summed E-state index contributed by atoms with van der Waals surface area (Å²) >= 11 is 0. The van der Waals surface area contributed by atoms with Crippen LogP contribution in [0.25, 0.3) is 0 Å². The molecule has 44 heavy (non-hydrogen) atoms. The monoisotopic (exact) mass is 613 g/mol. The predicted molar refractivity (Wildman–Crippen MR) is 170 cm³/mol. The number of non-ortho nitro benzene ring substituents is 1. The number of nitrogens with zero attached hydrogens (tertiary/aromatic N) is 2. The van der Waals surface area contributed by atoms with Gasteiger partial charge in [0.2, 0.25) is 0 Å². The fourth-order valence-electron chi connectivity index (χ4n) is 9.52. The minimum Gasteiger partial charge on any atom is -0.481 e. The summed E-state index contributed by atoms with van der Waals surface area (Å²) in [6, 6.07) is 3.51. The first-order valence-electron chi connectivity index (χ1n) is 16.5. The number of nitro benzene ring substituents is 2. The van der Waals surface area contributed by atoms with Gasteiger partial charge in [0.15, 0.2) is 0 Å². The van der Waals surface area contributed by atoms with Crippen LogP contribution in [0.5, 0.6) is 0 Å². The van der Waals surface area contributed by atoms with Gasteiger partial charge in [-0.2, -0.15) is 0 Å². The van der Waals surface area contributed by atoms with Gasteiger partial charge in [0.1, 0.15) is 5.69 Å². The Morgan fingerprint density at radius 3 is 2.41 bits per heavy atom. The van der Waals surface area contributed by atoms with E-state index in [-0.39, 0.29) is 35.0 Å². The van der Waals surface area contributed by atoms with Crippen molar-refractivity contribution in [2.24, 2.45) is 46.3 Å². The van der Waals surface area contributed by atoms with Gasteiger partial charge in [0, 0.05) is 18.7 Å². The molecule has 0 amide bonds. The van der Waals surface area contributed by atoms with Gasteiger partial charge >= 0.3 is 5.97 Å². The van der Waals surface area contributed by atoms with E-state index in [1.165, 1.54) is 31.4 Å². The minimum absolute atomic E-state index is 0.00327. The van der Waals surface area contributed by atoms with Crippen LogP contribution in [0.15, 0.2) is 30.0 Å². The van der Waals surface area contributed by atoms with Crippen molar-refractivity contribution in [2.45, 2.75) is 111 Å². The topological polar surface area (TPSA) is 156 Å². The van der Waals surface area contributed by atoms with Crippen LogP contribution in [0.1, 0.15) is 105 Å². The van der Waals surface area contributed by atoms with E-state index in [1.54, 1.807) is 6.20 Å². The van der Waals surface area contributed by atoms with E-state index in [0.717, 1.165) is 37.3 Å². The molecule has 3 aliphatic carbocycles. The van der Waals surface area contributed by atoms with Crippen LogP contribution in [0, 0.1) is 66.6 Å². The maximum Gasteiger partial charge on any atom is 0.303 e. The molecule has 3 N–H and O–H groups in total. The molecule has 10 nitrogen and oxygen atoms in total. The van der Waals surface area contributed by atoms with E-state index in [1.807, 2.05) is 0 Å². The Labute approximate surface area is 261 Å². The smallest absolute Gasteiger partial charge is 0.303 e. The van der Waals surface area contributed by atoms with Crippen molar-refractivity contribution in [3.8, 4) is 0 Å². The molecule has 0 aromatic heterocycles. The minimum atomic E-state index is -0.776. The zero-order valence-electron chi connectivity index (χ0n) is 27.0. The molecule has 0 radical (unpaired) electrons. The molecule has 1 aromatic carbocycles. The number of anilines is 1. The van der Waals surface area contributed by atoms with Crippen LogP contribution < -0.4 is 5.32 Å². The maximum atomic E-state index is 12.4. The van der Waals surface area contributed by atoms with E-state index in [0.29, 0.717) is 42.9 Å². The highest BCUT2D eigenvalue weighted by Gasteiger charge is 2.58. The van der Waals surface area contributed by atoms with Crippen molar-refractivity contribution in [3.05, 3.63) is 50.2 Å². The van der Waals surface area contributed by atoms with Gasteiger partial charge < -0.3 is 15.5 Å². The molecular formula is C34H51N3O7. The lowest BCUT2D eigenvalue weighted by Gasteiger charge is -2.56. The van der Waals surface area contributed by atoms with Gasteiger partial charge in [-0.1, -0.05) is 53.9 Å². The zero-order valence-corrected chi connectivity index (χ0v) is 27.0. The van der Waals surface area contributed by atoms with Gasteiger partial charge in [-0.15, -0.1) is 0 Å². The summed E-state index contributed by atoms with van der Waals surface area (Å²) in [6.07, 6.45) is 10.8. The molecule has 0 bridgehead atoms. The van der Waals surface area contributed by atoms with Gasteiger partial charge in [-0.3, -0.25) is 25.0 Å².